The zero-order chi connectivity index (χ0) is 29.0. The lowest BCUT2D eigenvalue weighted by molar-refractivity contribution is 0.0861. The number of carbonyl (C=O) groups is 1. The Morgan fingerprint density at radius 2 is 1.93 bits per heavy atom. The Kier molecular flexibility index (Phi) is 9.12. The summed E-state index contributed by atoms with van der Waals surface area (Å²) in [5.74, 6) is 0.0667. The molecule has 2 fully saturated rings. The molecule has 1 saturated carbocycles. The number of hydrogen-bond donors (Lipinski definition) is 2. The van der Waals surface area contributed by atoms with Gasteiger partial charge < -0.3 is 10.1 Å². The molecule has 0 radical (unpaired) electrons. The summed E-state index contributed by atoms with van der Waals surface area (Å²) in [5.41, 5.74) is 1.59. The fourth-order valence-electron chi connectivity index (χ4n) is 4.66. The largest absolute Gasteiger partial charge is 0.477 e. The highest BCUT2D eigenvalue weighted by atomic mass is 32.2. The molecule has 3 aromatic heterocycles. The Hall–Kier alpha value is -3.20. The SMILES string of the molecule is CCOc1cncc(-c2cnc(C(=O)N[C@@H](CN3CCN(C(C)C)CC3)c3cc(NS(=O)(=O)C4CC4)ccn3)s2)n1. The number of carbonyl (C=O) groups excluding carboxylic acids is 1. The molecule has 0 aromatic carbocycles. The average Bonchev–Trinajstić information content (AvgIpc) is 3.71. The minimum atomic E-state index is -3.43. The van der Waals surface area contributed by atoms with Crippen LogP contribution in [-0.2, 0) is 10.0 Å². The molecule has 12 nitrogen and oxygen atoms in total. The van der Waals surface area contributed by atoms with Crippen molar-refractivity contribution in [2.24, 2.45) is 0 Å². The van der Waals surface area contributed by atoms with Gasteiger partial charge in [-0.1, -0.05) is 0 Å². The van der Waals surface area contributed by atoms with Crippen LogP contribution in [0.25, 0.3) is 10.6 Å². The first-order chi connectivity index (χ1) is 19.7. The Bertz CT molecular complexity index is 1450. The Morgan fingerprint density at radius 1 is 1.15 bits per heavy atom. The molecular formula is C27H36N8O4S2. The molecule has 1 saturated heterocycles. The number of aromatic nitrogens is 4. The summed E-state index contributed by atoms with van der Waals surface area (Å²) in [7, 11) is -3.43. The van der Waals surface area contributed by atoms with Gasteiger partial charge in [0.05, 0.1) is 46.6 Å². The molecule has 2 aliphatic rings. The van der Waals surface area contributed by atoms with Crippen LogP contribution in [0.1, 0.15) is 55.2 Å². The third-order valence-corrected chi connectivity index (χ3v) is 9.99. The highest BCUT2D eigenvalue weighted by molar-refractivity contribution is 7.93. The summed E-state index contributed by atoms with van der Waals surface area (Å²) in [6.07, 6.45) is 7.66. The smallest absolute Gasteiger partial charge is 0.280 e. The molecule has 41 heavy (non-hydrogen) atoms. The summed E-state index contributed by atoms with van der Waals surface area (Å²) in [5, 5.41) is 3.04. The molecule has 3 aromatic rings. The Morgan fingerprint density at radius 3 is 2.63 bits per heavy atom. The predicted molar refractivity (Wildman–Crippen MR) is 157 cm³/mol. The number of ether oxygens (including phenoxy) is 1. The van der Waals surface area contributed by atoms with Gasteiger partial charge in [-0.2, -0.15) is 0 Å². The van der Waals surface area contributed by atoms with Gasteiger partial charge in [0.15, 0.2) is 5.01 Å². The van der Waals surface area contributed by atoms with Crippen molar-refractivity contribution in [1.29, 1.82) is 0 Å². The van der Waals surface area contributed by atoms with Crippen molar-refractivity contribution in [3.63, 3.8) is 0 Å². The predicted octanol–water partition coefficient (Wildman–Crippen LogP) is 2.80. The lowest BCUT2D eigenvalue weighted by Gasteiger charge is -2.38. The average molecular weight is 601 g/mol. The fraction of sp³-hybridized carbons (Fsp3) is 0.519. The molecule has 1 amide bonds. The van der Waals surface area contributed by atoms with Crippen LogP contribution in [0.15, 0.2) is 36.9 Å². The molecular weight excluding hydrogens is 564 g/mol. The van der Waals surface area contributed by atoms with Crippen molar-refractivity contribution in [3.05, 3.63) is 47.6 Å². The van der Waals surface area contributed by atoms with Gasteiger partial charge in [0.2, 0.25) is 15.9 Å². The summed E-state index contributed by atoms with van der Waals surface area (Å²) in [6, 6.07) is 3.33. The number of sulfonamides is 1. The minimum absolute atomic E-state index is 0.281. The number of nitrogens with one attached hydrogen (secondary N) is 2. The normalized spacial score (nSPS) is 17.4. The van der Waals surface area contributed by atoms with E-state index in [1.807, 2.05) is 6.92 Å². The van der Waals surface area contributed by atoms with Gasteiger partial charge in [0, 0.05) is 51.2 Å². The van der Waals surface area contributed by atoms with E-state index in [0.29, 0.717) is 59.9 Å². The quantitative estimate of drug-likeness (QED) is 0.319. The van der Waals surface area contributed by atoms with Crippen LogP contribution in [0.5, 0.6) is 5.88 Å². The minimum Gasteiger partial charge on any atom is -0.477 e. The second kappa shape index (κ2) is 12.8. The van der Waals surface area contributed by atoms with Gasteiger partial charge >= 0.3 is 0 Å². The van der Waals surface area contributed by atoms with Crippen molar-refractivity contribution in [3.8, 4) is 16.5 Å². The van der Waals surface area contributed by atoms with Crippen LogP contribution in [0.4, 0.5) is 5.69 Å². The van der Waals surface area contributed by atoms with E-state index in [0.717, 1.165) is 26.2 Å². The number of piperazine rings is 1. The molecule has 4 heterocycles. The molecule has 0 bridgehead atoms. The highest BCUT2D eigenvalue weighted by Crippen LogP contribution is 2.30. The van der Waals surface area contributed by atoms with E-state index in [4.69, 9.17) is 4.74 Å². The molecule has 1 aliphatic carbocycles. The number of hydrogen-bond acceptors (Lipinski definition) is 11. The molecule has 0 spiro atoms. The van der Waals surface area contributed by atoms with E-state index in [-0.39, 0.29) is 16.2 Å². The zero-order valence-electron chi connectivity index (χ0n) is 23.5. The van der Waals surface area contributed by atoms with Crippen LogP contribution >= 0.6 is 11.3 Å². The first kappa shape index (κ1) is 29.3. The lowest BCUT2D eigenvalue weighted by Crippen LogP contribution is -2.51. The van der Waals surface area contributed by atoms with Gasteiger partial charge in [0.25, 0.3) is 5.91 Å². The van der Waals surface area contributed by atoms with E-state index >= 15 is 0 Å². The number of nitrogens with zero attached hydrogens (tertiary/aromatic N) is 6. The number of thiazole rings is 1. The maximum Gasteiger partial charge on any atom is 0.280 e. The number of amides is 1. The third-order valence-electron chi connectivity index (χ3n) is 7.10. The first-order valence-corrected chi connectivity index (χ1v) is 16.2. The van der Waals surface area contributed by atoms with Gasteiger partial charge in [-0.05, 0) is 45.7 Å². The number of anilines is 1. The molecule has 5 rings (SSSR count). The molecule has 220 valence electrons. The highest BCUT2D eigenvalue weighted by Gasteiger charge is 2.36. The van der Waals surface area contributed by atoms with Crippen molar-refractivity contribution >= 4 is 33.0 Å². The first-order valence-electron chi connectivity index (χ1n) is 13.9. The number of rotatable bonds is 12. The van der Waals surface area contributed by atoms with Gasteiger partial charge in [-0.25, -0.2) is 18.4 Å². The third kappa shape index (κ3) is 7.56. The summed E-state index contributed by atoms with van der Waals surface area (Å²) in [6.45, 7) is 10.8. The van der Waals surface area contributed by atoms with Gasteiger partial charge in [-0.15, -0.1) is 11.3 Å². The Labute approximate surface area is 244 Å². The van der Waals surface area contributed by atoms with E-state index in [2.05, 4.69) is 53.6 Å². The summed E-state index contributed by atoms with van der Waals surface area (Å²) < 4.78 is 33.2. The van der Waals surface area contributed by atoms with Crippen LogP contribution in [-0.4, -0.2) is 94.7 Å². The van der Waals surface area contributed by atoms with E-state index in [1.54, 1.807) is 36.9 Å². The van der Waals surface area contributed by atoms with Crippen LogP contribution in [0, 0.1) is 0 Å². The second-order valence-corrected chi connectivity index (χ2v) is 13.5. The van der Waals surface area contributed by atoms with Crippen molar-refractivity contribution in [1.82, 2.24) is 35.1 Å². The summed E-state index contributed by atoms with van der Waals surface area (Å²) >= 11 is 1.22. The van der Waals surface area contributed by atoms with Crippen molar-refractivity contribution in [2.45, 2.75) is 50.9 Å². The maximum atomic E-state index is 13.4. The van der Waals surface area contributed by atoms with Crippen LogP contribution in [0.2, 0.25) is 0 Å². The summed E-state index contributed by atoms with van der Waals surface area (Å²) in [4.78, 5) is 36.4. The monoisotopic (exact) mass is 600 g/mol. The van der Waals surface area contributed by atoms with E-state index in [9.17, 15) is 13.2 Å². The fourth-order valence-corrected chi connectivity index (χ4v) is 6.82. The Balaban J connectivity index is 1.34. The standard InChI is InChI=1S/C27H36N8O4S2/c1-4-39-25-16-28-14-22(31-25)24-15-30-27(40-24)26(36)32-23(17-34-9-11-35(12-10-34)18(2)3)21-13-19(7-8-29-21)33-41(37,38)20-5-6-20/h7-8,13-16,18,20,23H,4-6,9-12,17H2,1-3H3,(H,29,33)(H,32,36)/t23-/m0/s1. The zero-order valence-corrected chi connectivity index (χ0v) is 25.1. The van der Waals surface area contributed by atoms with E-state index in [1.165, 1.54) is 11.3 Å². The molecule has 1 atom stereocenters. The van der Waals surface area contributed by atoms with Gasteiger partial charge in [-0.3, -0.25) is 29.3 Å². The number of pyridine rings is 1. The molecule has 0 unspecified atom stereocenters. The van der Waals surface area contributed by atoms with Crippen molar-refractivity contribution < 1.29 is 17.9 Å². The van der Waals surface area contributed by atoms with E-state index < -0.39 is 16.1 Å². The van der Waals surface area contributed by atoms with Gasteiger partial charge in [0.1, 0.15) is 5.69 Å². The molecule has 1 aliphatic heterocycles. The van der Waals surface area contributed by atoms with Crippen LogP contribution in [0.3, 0.4) is 0 Å². The van der Waals surface area contributed by atoms with Crippen molar-refractivity contribution in [2.75, 3.05) is 44.1 Å². The second-order valence-electron chi connectivity index (χ2n) is 10.5. The topological polar surface area (TPSA) is 143 Å². The lowest BCUT2D eigenvalue weighted by atomic mass is 10.1. The molecule has 2 N–H and O–H groups in total. The molecule has 14 heteroatoms. The maximum absolute atomic E-state index is 13.4. The van der Waals surface area contributed by atoms with Crippen LogP contribution < -0.4 is 14.8 Å².